The predicted molar refractivity (Wildman–Crippen MR) is 63.7 cm³/mol. The molecule has 2 rings (SSSR count). The number of hydrogen-bond acceptors (Lipinski definition) is 2. The molecule has 0 N–H and O–H groups in total. The van der Waals surface area contributed by atoms with E-state index in [1.54, 1.807) is 0 Å². The van der Waals surface area contributed by atoms with Gasteiger partial charge >= 0.3 is 0 Å². The van der Waals surface area contributed by atoms with Gasteiger partial charge in [-0.15, -0.1) is 11.8 Å². The van der Waals surface area contributed by atoms with Crippen LogP contribution in [0.1, 0.15) is 33.6 Å². The second kappa shape index (κ2) is 6.87. The molecule has 2 heterocycles. The lowest BCUT2D eigenvalue weighted by Gasteiger charge is -2.40. The molecule has 0 radical (unpaired) electrons. The van der Waals surface area contributed by atoms with Crippen LogP contribution in [-0.2, 0) is 4.74 Å². The van der Waals surface area contributed by atoms with Crippen molar-refractivity contribution in [1.29, 1.82) is 0 Å². The van der Waals surface area contributed by atoms with Crippen LogP contribution in [0.4, 0.5) is 0 Å². The minimum Gasteiger partial charge on any atom is -0.378 e. The molecule has 0 saturated carbocycles. The number of nitrogens with zero attached hydrogens (tertiary/aromatic N) is 1. The van der Waals surface area contributed by atoms with Crippen molar-refractivity contribution in [2.45, 2.75) is 39.7 Å². The SMILES string of the molecule is CC.CC#CC1CCN(C2COC2)CC1. The van der Waals surface area contributed by atoms with E-state index in [2.05, 4.69) is 16.7 Å². The van der Waals surface area contributed by atoms with Crippen LogP contribution in [0.2, 0.25) is 0 Å². The van der Waals surface area contributed by atoms with Crippen molar-refractivity contribution >= 4 is 0 Å². The number of piperidine rings is 1. The maximum atomic E-state index is 5.19. The number of hydrogen-bond donors (Lipinski definition) is 0. The average Bonchev–Trinajstić information content (AvgIpc) is 2.22. The number of rotatable bonds is 1. The van der Waals surface area contributed by atoms with Gasteiger partial charge in [0.15, 0.2) is 0 Å². The van der Waals surface area contributed by atoms with E-state index < -0.39 is 0 Å². The molecule has 15 heavy (non-hydrogen) atoms. The van der Waals surface area contributed by atoms with E-state index in [-0.39, 0.29) is 0 Å². The zero-order valence-electron chi connectivity index (χ0n) is 10.3. The summed E-state index contributed by atoms with van der Waals surface area (Å²) in [6.07, 6.45) is 2.49. The van der Waals surface area contributed by atoms with Crippen molar-refractivity contribution in [2.24, 2.45) is 5.92 Å². The van der Waals surface area contributed by atoms with Gasteiger partial charge in [-0.3, -0.25) is 4.90 Å². The van der Waals surface area contributed by atoms with Crippen LogP contribution in [0.15, 0.2) is 0 Å². The summed E-state index contributed by atoms with van der Waals surface area (Å²) >= 11 is 0. The van der Waals surface area contributed by atoms with Gasteiger partial charge in [-0.1, -0.05) is 13.8 Å². The van der Waals surface area contributed by atoms with Crippen molar-refractivity contribution in [3.63, 3.8) is 0 Å². The molecule has 0 spiro atoms. The summed E-state index contributed by atoms with van der Waals surface area (Å²) < 4.78 is 5.19. The summed E-state index contributed by atoms with van der Waals surface area (Å²) in [4.78, 5) is 2.55. The first-order chi connectivity index (χ1) is 7.40. The summed E-state index contributed by atoms with van der Waals surface area (Å²) in [7, 11) is 0. The molecule has 0 aromatic carbocycles. The topological polar surface area (TPSA) is 12.5 Å². The first-order valence-corrected chi connectivity index (χ1v) is 6.14. The summed E-state index contributed by atoms with van der Waals surface area (Å²) in [5.74, 6) is 6.94. The molecular formula is C13H23NO. The largest absolute Gasteiger partial charge is 0.378 e. The van der Waals surface area contributed by atoms with E-state index >= 15 is 0 Å². The van der Waals surface area contributed by atoms with Crippen LogP contribution in [0, 0.1) is 17.8 Å². The van der Waals surface area contributed by atoms with Crippen LogP contribution >= 0.6 is 0 Å². The van der Waals surface area contributed by atoms with Crippen LogP contribution in [0.5, 0.6) is 0 Å². The van der Waals surface area contributed by atoms with E-state index in [0.29, 0.717) is 5.92 Å². The Morgan fingerprint density at radius 1 is 1.13 bits per heavy atom. The Hall–Kier alpha value is -0.520. The average molecular weight is 209 g/mol. The third kappa shape index (κ3) is 3.52. The third-order valence-corrected chi connectivity index (χ3v) is 3.01. The lowest BCUT2D eigenvalue weighted by molar-refractivity contribution is -0.0719. The summed E-state index contributed by atoms with van der Waals surface area (Å²) in [5.41, 5.74) is 0. The highest BCUT2D eigenvalue weighted by Gasteiger charge is 2.28. The molecule has 0 atom stereocenters. The second-order valence-electron chi connectivity index (χ2n) is 3.90. The Labute approximate surface area is 94.0 Å². The molecule has 0 unspecified atom stereocenters. The van der Waals surface area contributed by atoms with Gasteiger partial charge in [0.25, 0.3) is 0 Å². The Balaban J connectivity index is 0.000000531. The normalized spacial score (nSPS) is 23.1. The Bertz CT molecular complexity index is 216. The number of likely N-dealkylation sites (tertiary alicyclic amines) is 1. The first-order valence-electron chi connectivity index (χ1n) is 6.14. The van der Waals surface area contributed by atoms with E-state index in [4.69, 9.17) is 4.74 Å². The molecule has 2 fully saturated rings. The lowest BCUT2D eigenvalue weighted by atomic mass is 9.96. The Morgan fingerprint density at radius 2 is 1.73 bits per heavy atom. The van der Waals surface area contributed by atoms with Gasteiger partial charge in [0, 0.05) is 5.92 Å². The second-order valence-corrected chi connectivity index (χ2v) is 3.90. The van der Waals surface area contributed by atoms with Crippen LogP contribution < -0.4 is 0 Å². The molecule has 0 aromatic rings. The Morgan fingerprint density at radius 3 is 2.13 bits per heavy atom. The van der Waals surface area contributed by atoms with Gasteiger partial charge < -0.3 is 4.74 Å². The molecule has 2 saturated heterocycles. The predicted octanol–water partition coefficient (Wildman–Crippen LogP) is 2.15. The van der Waals surface area contributed by atoms with E-state index in [0.717, 1.165) is 19.3 Å². The van der Waals surface area contributed by atoms with Gasteiger partial charge in [0.1, 0.15) is 0 Å². The molecule has 86 valence electrons. The first kappa shape index (κ1) is 12.5. The summed E-state index contributed by atoms with van der Waals surface area (Å²) in [6.45, 7) is 10.3. The van der Waals surface area contributed by atoms with Gasteiger partial charge in [0.05, 0.1) is 19.3 Å². The minimum atomic E-state index is 0.655. The molecule has 0 amide bonds. The molecule has 0 aliphatic carbocycles. The zero-order valence-corrected chi connectivity index (χ0v) is 10.3. The van der Waals surface area contributed by atoms with Gasteiger partial charge in [-0.25, -0.2) is 0 Å². The van der Waals surface area contributed by atoms with E-state index in [9.17, 15) is 0 Å². The fraction of sp³-hybridized carbons (Fsp3) is 0.846. The molecule has 2 heteroatoms. The quantitative estimate of drug-likeness (QED) is 0.614. The fourth-order valence-corrected chi connectivity index (χ4v) is 2.05. The van der Waals surface area contributed by atoms with Crippen molar-refractivity contribution in [3.05, 3.63) is 0 Å². The van der Waals surface area contributed by atoms with Crippen LogP contribution in [0.25, 0.3) is 0 Å². The van der Waals surface area contributed by atoms with Gasteiger partial charge in [-0.05, 0) is 32.9 Å². The van der Waals surface area contributed by atoms with Crippen molar-refractivity contribution in [3.8, 4) is 11.8 Å². The van der Waals surface area contributed by atoms with Crippen LogP contribution in [-0.4, -0.2) is 37.2 Å². The zero-order chi connectivity index (χ0) is 11.1. The molecule has 0 bridgehead atoms. The standard InChI is InChI=1S/C11H17NO.C2H6/c1-2-3-10-4-6-12(7-5-10)11-8-13-9-11;1-2/h10-11H,4-9H2,1H3;1-2H3. The highest BCUT2D eigenvalue weighted by atomic mass is 16.5. The van der Waals surface area contributed by atoms with Crippen LogP contribution in [0.3, 0.4) is 0 Å². The highest BCUT2D eigenvalue weighted by molar-refractivity contribution is 5.02. The minimum absolute atomic E-state index is 0.655. The van der Waals surface area contributed by atoms with Crippen molar-refractivity contribution in [2.75, 3.05) is 26.3 Å². The van der Waals surface area contributed by atoms with Gasteiger partial charge in [0.2, 0.25) is 0 Å². The summed E-state index contributed by atoms with van der Waals surface area (Å²) in [6, 6.07) is 0.718. The van der Waals surface area contributed by atoms with E-state index in [1.165, 1.54) is 25.9 Å². The fourth-order valence-electron chi connectivity index (χ4n) is 2.05. The molecular weight excluding hydrogens is 186 g/mol. The van der Waals surface area contributed by atoms with E-state index in [1.807, 2.05) is 20.8 Å². The van der Waals surface area contributed by atoms with Gasteiger partial charge in [-0.2, -0.15) is 0 Å². The molecule has 2 aliphatic rings. The van der Waals surface area contributed by atoms with Crippen molar-refractivity contribution in [1.82, 2.24) is 4.90 Å². The monoisotopic (exact) mass is 209 g/mol. The number of ether oxygens (including phenoxy) is 1. The molecule has 2 nitrogen and oxygen atoms in total. The third-order valence-electron chi connectivity index (χ3n) is 3.01. The highest BCUT2D eigenvalue weighted by Crippen LogP contribution is 2.20. The maximum Gasteiger partial charge on any atom is 0.0645 e. The molecule has 2 aliphatic heterocycles. The lowest BCUT2D eigenvalue weighted by Crippen LogP contribution is -2.51. The molecule has 0 aromatic heterocycles. The Kier molecular flexibility index (Phi) is 5.75. The van der Waals surface area contributed by atoms with Crippen molar-refractivity contribution < 1.29 is 4.74 Å². The smallest absolute Gasteiger partial charge is 0.0645 e. The summed E-state index contributed by atoms with van der Waals surface area (Å²) in [5, 5.41) is 0. The maximum absolute atomic E-state index is 5.19.